The Hall–Kier alpha value is -1.63. The van der Waals surface area contributed by atoms with E-state index in [0.717, 1.165) is 17.0 Å². The number of hydrogen-bond donors (Lipinski definition) is 1. The molecule has 1 aromatic heterocycles. The first kappa shape index (κ1) is 15.8. The zero-order chi connectivity index (χ0) is 15.5. The lowest BCUT2D eigenvalue weighted by Gasteiger charge is -2.11. The van der Waals surface area contributed by atoms with Gasteiger partial charge in [-0.3, -0.25) is 0 Å². The summed E-state index contributed by atoms with van der Waals surface area (Å²) < 4.78 is 39.6. The van der Waals surface area contributed by atoms with Crippen LogP contribution in [0.15, 0.2) is 34.8 Å². The number of benzene rings is 1. The van der Waals surface area contributed by atoms with Crippen molar-refractivity contribution in [3.8, 4) is 11.3 Å². The molecule has 0 amide bonds. The Bertz CT molecular complexity index is 612. The van der Waals surface area contributed by atoms with Gasteiger partial charge in [0, 0.05) is 16.6 Å². The van der Waals surface area contributed by atoms with Gasteiger partial charge in [-0.25, -0.2) is 9.97 Å². The van der Waals surface area contributed by atoms with Gasteiger partial charge in [0.05, 0.1) is 5.69 Å². The van der Waals surface area contributed by atoms with Crippen LogP contribution >= 0.6 is 15.9 Å². The Labute approximate surface area is 128 Å². The van der Waals surface area contributed by atoms with E-state index in [-0.39, 0.29) is 11.6 Å². The molecule has 0 fully saturated rings. The SMILES string of the molecule is CCCNc1nc(-c2ccc(Br)cc2)cc(C(F)(F)F)n1. The smallest absolute Gasteiger partial charge is 0.354 e. The number of halogens is 4. The molecule has 112 valence electrons. The van der Waals surface area contributed by atoms with Crippen molar-refractivity contribution in [1.82, 2.24) is 9.97 Å². The summed E-state index contributed by atoms with van der Waals surface area (Å²) >= 11 is 3.29. The van der Waals surface area contributed by atoms with Gasteiger partial charge in [-0.1, -0.05) is 35.0 Å². The maximum absolute atomic E-state index is 12.9. The molecule has 0 aliphatic carbocycles. The van der Waals surface area contributed by atoms with E-state index in [1.807, 2.05) is 6.92 Å². The third-order valence-electron chi connectivity index (χ3n) is 2.69. The number of nitrogens with zero attached hydrogens (tertiary/aromatic N) is 2. The summed E-state index contributed by atoms with van der Waals surface area (Å²) in [7, 11) is 0. The monoisotopic (exact) mass is 359 g/mol. The molecule has 0 radical (unpaired) electrons. The summed E-state index contributed by atoms with van der Waals surface area (Å²) in [6.45, 7) is 2.43. The molecule has 2 aromatic rings. The van der Waals surface area contributed by atoms with E-state index < -0.39 is 11.9 Å². The normalized spacial score (nSPS) is 11.5. The molecule has 2 rings (SSSR count). The summed E-state index contributed by atoms with van der Waals surface area (Å²) in [6, 6.07) is 7.88. The van der Waals surface area contributed by atoms with Crippen molar-refractivity contribution < 1.29 is 13.2 Å². The maximum atomic E-state index is 12.9. The van der Waals surface area contributed by atoms with E-state index in [1.54, 1.807) is 24.3 Å². The minimum Gasteiger partial charge on any atom is -0.354 e. The van der Waals surface area contributed by atoms with E-state index >= 15 is 0 Å². The Morgan fingerprint density at radius 1 is 1.14 bits per heavy atom. The fourth-order valence-corrected chi connectivity index (χ4v) is 1.94. The predicted molar refractivity (Wildman–Crippen MR) is 79.0 cm³/mol. The van der Waals surface area contributed by atoms with Gasteiger partial charge in [-0.15, -0.1) is 0 Å². The highest BCUT2D eigenvalue weighted by atomic mass is 79.9. The number of rotatable bonds is 4. The summed E-state index contributed by atoms with van der Waals surface area (Å²) in [6.07, 6.45) is -3.73. The number of aromatic nitrogens is 2. The van der Waals surface area contributed by atoms with Crippen molar-refractivity contribution in [2.45, 2.75) is 19.5 Å². The zero-order valence-corrected chi connectivity index (χ0v) is 12.8. The van der Waals surface area contributed by atoms with Gasteiger partial charge in [-0.2, -0.15) is 13.2 Å². The molecule has 0 aliphatic rings. The lowest BCUT2D eigenvalue weighted by atomic mass is 10.1. The number of nitrogens with one attached hydrogen (secondary N) is 1. The van der Waals surface area contributed by atoms with Crippen molar-refractivity contribution in [1.29, 1.82) is 0 Å². The predicted octanol–water partition coefficient (Wildman–Crippen LogP) is 4.75. The highest BCUT2D eigenvalue weighted by molar-refractivity contribution is 9.10. The Morgan fingerprint density at radius 2 is 1.81 bits per heavy atom. The fourth-order valence-electron chi connectivity index (χ4n) is 1.68. The first-order chi connectivity index (χ1) is 9.90. The standard InChI is InChI=1S/C14H13BrF3N3/c1-2-7-19-13-20-11(8-12(21-13)14(16,17)18)9-3-5-10(15)6-4-9/h3-6,8H,2,7H2,1H3,(H,19,20,21). The molecule has 0 atom stereocenters. The van der Waals surface area contributed by atoms with Crippen LogP contribution in [0, 0.1) is 0 Å². The highest BCUT2D eigenvalue weighted by Crippen LogP contribution is 2.31. The summed E-state index contributed by atoms with van der Waals surface area (Å²) in [5.74, 6) is -0.00964. The Morgan fingerprint density at radius 3 is 2.38 bits per heavy atom. The van der Waals surface area contributed by atoms with Crippen LogP contribution in [0.3, 0.4) is 0 Å². The first-order valence-corrected chi connectivity index (χ1v) is 7.15. The number of anilines is 1. The van der Waals surface area contributed by atoms with Crippen molar-refractivity contribution in [3.05, 3.63) is 40.5 Å². The van der Waals surface area contributed by atoms with Crippen LogP contribution in [0.5, 0.6) is 0 Å². The van der Waals surface area contributed by atoms with Gasteiger partial charge in [-0.05, 0) is 24.6 Å². The van der Waals surface area contributed by atoms with Crippen LogP contribution in [0.4, 0.5) is 19.1 Å². The molecule has 0 unspecified atom stereocenters. The fraction of sp³-hybridized carbons (Fsp3) is 0.286. The molecule has 0 saturated heterocycles. The molecule has 21 heavy (non-hydrogen) atoms. The van der Waals surface area contributed by atoms with Crippen LogP contribution in [-0.2, 0) is 6.18 Å². The van der Waals surface area contributed by atoms with Gasteiger partial charge >= 0.3 is 6.18 Å². The quantitative estimate of drug-likeness (QED) is 0.855. The average Bonchev–Trinajstić information content (AvgIpc) is 2.44. The summed E-state index contributed by atoms with van der Waals surface area (Å²) in [4.78, 5) is 7.68. The second-order valence-corrected chi connectivity index (χ2v) is 5.31. The van der Waals surface area contributed by atoms with Crippen molar-refractivity contribution in [2.24, 2.45) is 0 Å². The van der Waals surface area contributed by atoms with Gasteiger partial charge in [0.25, 0.3) is 0 Å². The Balaban J connectivity index is 2.46. The van der Waals surface area contributed by atoms with Crippen molar-refractivity contribution >= 4 is 21.9 Å². The second-order valence-electron chi connectivity index (χ2n) is 4.39. The third kappa shape index (κ3) is 4.17. The van der Waals surface area contributed by atoms with Crippen LogP contribution in [0.25, 0.3) is 11.3 Å². The summed E-state index contributed by atoms with van der Waals surface area (Å²) in [5.41, 5.74) is -0.108. The molecule has 7 heteroatoms. The highest BCUT2D eigenvalue weighted by Gasteiger charge is 2.33. The lowest BCUT2D eigenvalue weighted by Crippen LogP contribution is -2.13. The van der Waals surface area contributed by atoms with Gasteiger partial charge in [0.15, 0.2) is 5.69 Å². The molecule has 1 heterocycles. The van der Waals surface area contributed by atoms with Gasteiger partial charge < -0.3 is 5.32 Å². The van der Waals surface area contributed by atoms with E-state index in [0.29, 0.717) is 12.1 Å². The van der Waals surface area contributed by atoms with Crippen LogP contribution in [0.2, 0.25) is 0 Å². The second kappa shape index (κ2) is 6.43. The largest absolute Gasteiger partial charge is 0.433 e. The van der Waals surface area contributed by atoms with Crippen molar-refractivity contribution in [3.63, 3.8) is 0 Å². The average molecular weight is 360 g/mol. The van der Waals surface area contributed by atoms with Crippen molar-refractivity contribution in [2.75, 3.05) is 11.9 Å². The molecule has 0 aliphatic heterocycles. The molecule has 1 N–H and O–H groups in total. The molecule has 0 bridgehead atoms. The van der Waals surface area contributed by atoms with Crippen LogP contribution < -0.4 is 5.32 Å². The topological polar surface area (TPSA) is 37.8 Å². The van der Waals surface area contributed by atoms with E-state index in [1.165, 1.54) is 0 Å². The zero-order valence-electron chi connectivity index (χ0n) is 11.2. The number of hydrogen-bond acceptors (Lipinski definition) is 3. The minimum atomic E-state index is -4.50. The van der Waals surface area contributed by atoms with Gasteiger partial charge in [0.2, 0.25) is 5.95 Å². The molecule has 3 nitrogen and oxygen atoms in total. The number of alkyl halides is 3. The molecule has 0 saturated carbocycles. The van der Waals surface area contributed by atoms with E-state index in [4.69, 9.17) is 0 Å². The minimum absolute atomic E-state index is 0.00964. The molecule has 1 aromatic carbocycles. The molecular formula is C14H13BrF3N3. The maximum Gasteiger partial charge on any atom is 0.433 e. The van der Waals surface area contributed by atoms with E-state index in [9.17, 15) is 13.2 Å². The molecular weight excluding hydrogens is 347 g/mol. The molecule has 0 spiro atoms. The third-order valence-corrected chi connectivity index (χ3v) is 3.22. The summed E-state index contributed by atoms with van der Waals surface area (Å²) in [5, 5.41) is 2.80. The Kier molecular flexibility index (Phi) is 4.82. The van der Waals surface area contributed by atoms with Crippen LogP contribution in [-0.4, -0.2) is 16.5 Å². The first-order valence-electron chi connectivity index (χ1n) is 6.36. The van der Waals surface area contributed by atoms with E-state index in [2.05, 4.69) is 31.2 Å². The lowest BCUT2D eigenvalue weighted by molar-refractivity contribution is -0.141. The van der Waals surface area contributed by atoms with Crippen LogP contribution in [0.1, 0.15) is 19.0 Å². The van der Waals surface area contributed by atoms with Gasteiger partial charge in [0.1, 0.15) is 0 Å².